The molecule has 3 heteroatoms. The molecule has 1 saturated carbocycles. The Bertz CT molecular complexity index is 433. The second-order valence-corrected chi connectivity index (χ2v) is 5.42. The fourth-order valence-corrected chi connectivity index (χ4v) is 2.64. The minimum atomic E-state index is -0.0995. The highest BCUT2D eigenvalue weighted by molar-refractivity contribution is 5.95. The number of benzene rings is 1. The van der Waals surface area contributed by atoms with Crippen molar-refractivity contribution in [2.24, 2.45) is 5.41 Å². The molecule has 0 spiro atoms. The van der Waals surface area contributed by atoms with Crippen LogP contribution in [0.4, 0.5) is 5.69 Å². The van der Waals surface area contributed by atoms with Crippen LogP contribution in [0.25, 0.3) is 0 Å². The smallest absolute Gasteiger partial charge is 0.230 e. The highest BCUT2D eigenvalue weighted by Gasteiger charge is 2.42. The zero-order valence-corrected chi connectivity index (χ0v) is 12.0. The van der Waals surface area contributed by atoms with E-state index in [1.807, 2.05) is 12.1 Å². The van der Waals surface area contributed by atoms with Crippen LogP contribution in [0.1, 0.15) is 45.1 Å². The molecule has 1 aromatic carbocycles. The van der Waals surface area contributed by atoms with Crippen LogP contribution in [-0.2, 0) is 11.3 Å². The molecule has 0 atom stereocenters. The highest BCUT2D eigenvalue weighted by atomic mass is 16.2. The first kappa shape index (κ1) is 14.1. The van der Waals surface area contributed by atoms with E-state index in [9.17, 15) is 4.79 Å². The van der Waals surface area contributed by atoms with Gasteiger partial charge in [0.2, 0.25) is 5.91 Å². The van der Waals surface area contributed by atoms with Crippen LogP contribution in [-0.4, -0.2) is 12.5 Å². The Kier molecular flexibility index (Phi) is 4.59. The lowest BCUT2D eigenvalue weighted by molar-refractivity contribution is -0.130. The number of anilines is 1. The third kappa shape index (κ3) is 3.16. The Labute approximate surface area is 115 Å². The fourth-order valence-electron chi connectivity index (χ4n) is 2.64. The Morgan fingerprint density at radius 1 is 1.32 bits per heavy atom. The van der Waals surface area contributed by atoms with Crippen LogP contribution in [0.2, 0.25) is 0 Å². The van der Waals surface area contributed by atoms with Gasteiger partial charge >= 0.3 is 0 Å². The maximum Gasteiger partial charge on any atom is 0.230 e. The van der Waals surface area contributed by atoms with Gasteiger partial charge < -0.3 is 10.6 Å². The van der Waals surface area contributed by atoms with E-state index in [2.05, 4.69) is 36.6 Å². The summed E-state index contributed by atoms with van der Waals surface area (Å²) in [6.45, 7) is 6.00. The van der Waals surface area contributed by atoms with Crippen molar-refractivity contribution in [2.75, 3.05) is 11.9 Å². The van der Waals surface area contributed by atoms with Gasteiger partial charge in [-0.3, -0.25) is 4.79 Å². The average Bonchev–Trinajstić information content (AvgIpc) is 2.36. The molecule has 1 aliphatic carbocycles. The molecule has 1 fully saturated rings. The maximum atomic E-state index is 12.3. The largest absolute Gasteiger partial charge is 0.326 e. The zero-order valence-electron chi connectivity index (χ0n) is 12.0. The summed E-state index contributed by atoms with van der Waals surface area (Å²) in [6, 6.07) is 8.11. The number of hydrogen-bond donors (Lipinski definition) is 2. The Hall–Kier alpha value is -1.35. The zero-order chi connectivity index (χ0) is 13.7. The van der Waals surface area contributed by atoms with Crippen molar-refractivity contribution in [3.05, 3.63) is 29.8 Å². The average molecular weight is 260 g/mol. The molecule has 3 nitrogen and oxygen atoms in total. The van der Waals surface area contributed by atoms with Gasteiger partial charge in [-0.15, -0.1) is 0 Å². The minimum absolute atomic E-state index is 0.0995. The van der Waals surface area contributed by atoms with E-state index < -0.39 is 0 Å². The van der Waals surface area contributed by atoms with Crippen LogP contribution in [0.15, 0.2) is 24.3 Å². The number of amides is 1. The van der Waals surface area contributed by atoms with Crippen LogP contribution < -0.4 is 10.6 Å². The number of carbonyl (C=O) groups excluding carboxylic acids is 1. The summed E-state index contributed by atoms with van der Waals surface area (Å²) < 4.78 is 0. The SMILES string of the molecule is CCNCc1cccc(NC(=O)C2(CC)CCC2)c1. The fraction of sp³-hybridized carbons (Fsp3) is 0.562. The lowest BCUT2D eigenvalue weighted by Gasteiger charge is -2.39. The summed E-state index contributed by atoms with van der Waals surface area (Å²) in [4.78, 5) is 12.3. The molecule has 2 N–H and O–H groups in total. The molecule has 104 valence electrons. The van der Waals surface area contributed by atoms with Crippen LogP contribution >= 0.6 is 0 Å². The molecule has 2 rings (SSSR count). The topological polar surface area (TPSA) is 41.1 Å². The molecule has 1 aromatic rings. The third-order valence-electron chi connectivity index (χ3n) is 4.23. The molecule has 0 unspecified atom stereocenters. The summed E-state index contributed by atoms with van der Waals surface area (Å²) >= 11 is 0. The number of rotatable bonds is 6. The second-order valence-electron chi connectivity index (χ2n) is 5.42. The van der Waals surface area contributed by atoms with Gasteiger partial charge in [-0.1, -0.05) is 32.4 Å². The number of carbonyl (C=O) groups is 1. The third-order valence-corrected chi connectivity index (χ3v) is 4.23. The van der Waals surface area contributed by atoms with Crippen LogP contribution in [0.3, 0.4) is 0 Å². The Morgan fingerprint density at radius 3 is 2.68 bits per heavy atom. The molecule has 0 saturated heterocycles. The van der Waals surface area contributed by atoms with Crippen molar-refractivity contribution >= 4 is 11.6 Å². The summed E-state index contributed by atoms with van der Waals surface area (Å²) in [5.41, 5.74) is 2.02. The van der Waals surface area contributed by atoms with Gasteiger partial charge in [-0.25, -0.2) is 0 Å². The van der Waals surface area contributed by atoms with Crippen molar-refractivity contribution in [2.45, 2.75) is 46.1 Å². The predicted molar refractivity (Wildman–Crippen MR) is 79.0 cm³/mol. The van der Waals surface area contributed by atoms with Gasteiger partial charge in [0.25, 0.3) is 0 Å². The Balaban J connectivity index is 2.00. The minimum Gasteiger partial charge on any atom is -0.326 e. The van der Waals surface area contributed by atoms with Crippen molar-refractivity contribution in [3.63, 3.8) is 0 Å². The van der Waals surface area contributed by atoms with Gasteiger partial charge in [-0.2, -0.15) is 0 Å². The quantitative estimate of drug-likeness (QED) is 0.824. The molecule has 19 heavy (non-hydrogen) atoms. The second kappa shape index (κ2) is 6.20. The first-order valence-corrected chi connectivity index (χ1v) is 7.31. The van der Waals surface area contributed by atoms with E-state index in [1.165, 1.54) is 12.0 Å². The molecule has 1 aliphatic rings. The lowest BCUT2D eigenvalue weighted by atomic mass is 9.66. The van der Waals surface area contributed by atoms with E-state index in [1.54, 1.807) is 0 Å². The first-order chi connectivity index (χ1) is 9.20. The summed E-state index contributed by atoms with van der Waals surface area (Å²) in [6.07, 6.45) is 4.19. The van der Waals surface area contributed by atoms with Gasteiger partial charge in [-0.05, 0) is 43.5 Å². The summed E-state index contributed by atoms with van der Waals surface area (Å²) in [5, 5.41) is 6.38. The maximum absolute atomic E-state index is 12.3. The van der Waals surface area contributed by atoms with Crippen molar-refractivity contribution < 1.29 is 4.79 Å². The predicted octanol–water partition coefficient (Wildman–Crippen LogP) is 3.31. The number of nitrogens with one attached hydrogen (secondary N) is 2. The lowest BCUT2D eigenvalue weighted by Crippen LogP contribution is -2.41. The standard InChI is InChI=1S/C16H24N2O/c1-3-16(9-6-10-16)15(19)18-14-8-5-7-13(11-14)12-17-4-2/h5,7-8,11,17H,3-4,6,9-10,12H2,1-2H3,(H,18,19). The van der Waals surface area contributed by atoms with Crippen molar-refractivity contribution in [1.82, 2.24) is 5.32 Å². The normalized spacial score (nSPS) is 16.7. The molecular weight excluding hydrogens is 236 g/mol. The monoisotopic (exact) mass is 260 g/mol. The summed E-state index contributed by atoms with van der Waals surface area (Å²) in [7, 11) is 0. The molecule has 0 aliphatic heterocycles. The van der Waals surface area contributed by atoms with Crippen molar-refractivity contribution in [1.29, 1.82) is 0 Å². The van der Waals surface area contributed by atoms with E-state index >= 15 is 0 Å². The van der Waals surface area contributed by atoms with Gasteiger partial charge in [0.05, 0.1) is 0 Å². The molecule has 0 radical (unpaired) electrons. The van der Waals surface area contributed by atoms with Crippen LogP contribution in [0.5, 0.6) is 0 Å². The number of hydrogen-bond acceptors (Lipinski definition) is 2. The van der Waals surface area contributed by atoms with Crippen molar-refractivity contribution in [3.8, 4) is 0 Å². The molecular formula is C16H24N2O. The molecule has 0 heterocycles. The molecule has 0 bridgehead atoms. The van der Waals surface area contributed by atoms with Crippen LogP contribution in [0, 0.1) is 5.41 Å². The summed E-state index contributed by atoms with van der Waals surface area (Å²) in [5.74, 6) is 0.196. The van der Waals surface area contributed by atoms with Gasteiger partial charge in [0.15, 0.2) is 0 Å². The van der Waals surface area contributed by atoms with E-state index in [4.69, 9.17) is 0 Å². The molecule has 1 amide bonds. The van der Waals surface area contributed by atoms with E-state index in [0.717, 1.165) is 38.0 Å². The van der Waals surface area contributed by atoms with E-state index in [0.29, 0.717) is 0 Å². The highest BCUT2D eigenvalue weighted by Crippen LogP contribution is 2.44. The Morgan fingerprint density at radius 2 is 2.11 bits per heavy atom. The van der Waals surface area contributed by atoms with E-state index in [-0.39, 0.29) is 11.3 Å². The van der Waals surface area contributed by atoms with Gasteiger partial charge in [0, 0.05) is 17.6 Å². The van der Waals surface area contributed by atoms with Gasteiger partial charge in [0.1, 0.15) is 0 Å². The molecule has 0 aromatic heterocycles. The first-order valence-electron chi connectivity index (χ1n) is 7.31.